The Balaban J connectivity index is 2.20. The van der Waals surface area contributed by atoms with Gasteiger partial charge in [-0.15, -0.1) is 11.6 Å². The lowest BCUT2D eigenvalue weighted by molar-refractivity contribution is 0.0792. The van der Waals surface area contributed by atoms with Gasteiger partial charge >= 0.3 is 0 Å². The van der Waals surface area contributed by atoms with Crippen molar-refractivity contribution in [2.75, 3.05) is 13.1 Å². The molecule has 2 nitrogen and oxygen atoms in total. The van der Waals surface area contributed by atoms with Crippen molar-refractivity contribution in [2.24, 2.45) is 0 Å². The minimum absolute atomic E-state index is 0.123. The number of halogens is 1. The van der Waals surface area contributed by atoms with Crippen molar-refractivity contribution >= 4 is 17.5 Å². The van der Waals surface area contributed by atoms with Crippen molar-refractivity contribution in [1.29, 1.82) is 0 Å². The standard InChI is InChI=1S/C13H16ClNO/c1-2-10-5-3-4-6-12(10)13(16)15-8-7-11(14)9-15/h3-6,11H,2,7-9H2,1H3. The van der Waals surface area contributed by atoms with E-state index in [2.05, 4.69) is 6.92 Å². The number of rotatable bonds is 2. The van der Waals surface area contributed by atoms with E-state index in [0.717, 1.165) is 30.5 Å². The molecule has 16 heavy (non-hydrogen) atoms. The van der Waals surface area contributed by atoms with Crippen molar-refractivity contribution < 1.29 is 4.79 Å². The van der Waals surface area contributed by atoms with Crippen molar-refractivity contribution in [3.8, 4) is 0 Å². The van der Waals surface area contributed by atoms with Crippen LogP contribution in [0.1, 0.15) is 29.3 Å². The van der Waals surface area contributed by atoms with Crippen LogP contribution in [0, 0.1) is 0 Å². The maximum Gasteiger partial charge on any atom is 0.254 e. The Kier molecular flexibility index (Phi) is 3.49. The molecular weight excluding hydrogens is 222 g/mol. The zero-order valence-electron chi connectivity index (χ0n) is 9.45. The quantitative estimate of drug-likeness (QED) is 0.725. The first kappa shape index (κ1) is 11.5. The van der Waals surface area contributed by atoms with E-state index in [1.807, 2.05) is 29.2 Å². The minimum Gasteiger partial charge on any atom is -0.337 e. The average Bonchev–Trinajstić information content (AvgIpc) is 2.75. The van der Waals surface area contributed by atoms with Crippen LogP contribution in [-0.2, 0) is 6.42 Å². The smallest absolute Gasteiger partial charge is 0.254 e. The number of hydrogen-bond acceptors (Lipinski definition) is 1. The minimum atomic E-state index is 0.123. The first-order valence-corrected chi connectivity index (χ1v) is 6.17. The highest BCUT2D eigenvalue weighted by Gasteiger charge is 2.26. The van der Waals surface area contributed by atoms with E-state index in [4.69, 9.17) is 11.6 Å². The molecule has 1 amide bonds. The zero-order chi connectivity index (χ0) is 11.5. The molecule has 0 aromatic heterocycles. The topological polar surface area (TPSA) is 20.3 Å². The monoisotopic (exact) mass is 237 g/mol. The molecular formula is C13H16ClNO. The molecule has 1 aliphatic rings. The van der Waals surface area contributed by atoms with Crippen molar-refractivity contribution in [1.82, 2.24) is 4.90 Å². The lowest BCUT2D eigenvalue weighted by Crippen LogP contribution is -2.29. The number of carbonyl (C=O) groups is 1. The zero-order valence-corrected chi connectivity index (χ0v) is 10.2. The Labute approximate surface area is 101 Å². The van der Waals surface area contributed by atoms with Gasteiger partial charge in [0.2, 0.25) is 0 Å². The van der Waals surface area contributed by atoms with E-state index in [1.165, 1.54) is 0 Å². The van der Waals surface area contributed by atoms with Crippen molar-refractivity contribution in [3.63, 3.8) is 0 Å². The molecule has 86 valence electrons. The van der Waals surface area contributed by atoms with Crippen LogP contribution in [0.4, 0.5) is 0 Å². The van der Waals surface area contributed by atoms with Gasteiger partial charge in [0.05, 0.1) is 5.38 Å². The summed E-state index contributed by atoms with van der Waals surface area (Å²) in [6.07, 6.45) is 1.79. The summed E-state index contributed by atoms with van der Waals surface area (Å²) in [4.78, 5) is 14.1. The summed E-state index contributed by atoms with van der Waals surface area (Å²) in [6.45, 7) is 3.53. The van der Waals surface area contributed by atoms with Crippen LogP contribution in [0.25, 0.3) is 0 Å². The van der Waals surface area contributed by atoms with E-state index in [0.29, 0.717) is 6.54 Å². The molecule has 1 saturated heterocycles. The molecule has 3 heteroatoms. The van der Waals surface area contributed by atoms with Crippen LogP contribution in [0.15, 0.2) is 24.3 Å². The molecule has 0 bridgehead atoms. The van der Waals surface area contributed by atoms with E-state index in [-0.39, 0.29) is 11.3 Å². The molecule has 1 aliphatic heterocycles. The highest BCUT2D eigenvalue weighted by atomic mass is 35.5. The van der Waals surface area contributed by atoms with Gasteiger partial charge in [0.25, 0.3) is 5.91 Å². The second-order valence-electron chi connectivity index (χ2n) is 4.15. The maximum atomic E-state index is 12.2. The average molecular weight is 238 g/mol. The maximum absolute atomic E-state index is 12.2. The second-order valence-corrected chi connectivity index (χ2v) is 4.77. The summed E-state index contributed by atoms with van der Waals surface area (Å²) in [5.74, 6) is 0.126. The Morgan fingerprint density at radius 1 is 1.50 bits per heavy atom. The van der Waals surface area contributed by atoms with E-state index >= 15 is 0 Å². The molecule has 1 heterocycles. The first-order valence-electron chi connectivity index (χ1n) is 5.73. The third-order valence-corrected chi connectivity index (χ3v) is 3.40. The van der Waals surface area contributed by atoms with Gasteiger partial charge in [-0.25, -0.2) is 0 Å². The fourth-order valence-electron chi connectivity index (χ4n) is 2.11. The van der Waals surface area contributed by atoms with E-state index in [1.54, 1.807) is 0 Å². The first-order chi connectivity index (χ1) is 7.72. The van der Waals surface area contributed by atoms with Gasteiger partial charge in [-0.1, -0.05) is 25.1 Å². The molecule has 1 fully saturated rings. The van der Waals surface area contributed by atoms with Crippen molar-refractivity contribution in [3.05, 3.63) is 35.4 Å². The predicted molar refractivity (Wildman–Crippen MR) is 66.0 cm³/mol. The molecule has 1 aromatic rings. The highest BCUT2D eigenvalue weighted by Crippen LogP contribution is 2.19. The van der Waals surface area contributed by atoms with Crippen LogP contribution in [0.5, 0.6) is 0 Å². The van der Waals surface area contributed by atoms with Crippen LogP contribution >= 0.6 is 11.6 Å². The SMILES string of the molecule is CCc1ccccc1C(=O)N1CCC(Cl)C1. The summed E-state index contributed by atoms with van der Waals surface area (Å²) < 4.78 is 0. The predicted octanol–water partition coefficient (Wildman–Crippen LogP) is 2.70. The Morgan fingerprint density at radius 3 is 2.88 bits per heavy atom. The Morgan fingerprint density at radius 2 is 2.25 bits per heavy atom. The highest BCUT2D eigenvalue weighted by molar-refractivity contribution is 6.21. The number of alkyl halides is 1. The Bertz CT molecular complexity index is 391. The molecule has 0 radical (unpaired) electrons. The van der Waals surface area contributed by atoms with Crippen LogP contribution in [0.2, 0.25) is 0 Å². The van der Waals surface area contributed by atoms with Gasteiger partial charge in [0, 0.05) is 18.7 Å². The van der Waals surface area contributed by atoms with E-state index < -0.39 is 0 Å². The summed E-state index contributed by atoms with van der Waals surface area (Å²) >= 11 is 6.02. The number of aryl methyl sites for hydroxylation is 1. The van der Waals surface area contributed by atoms with E-state index in [9.17, 15) is 4.79 Å². The number of amides is 1. The van der Waals surface area contributed by atoms with Gasteiger partial charge in [0.1, 0.15) is 0 Å². The molecule has 1 atom stereocenters. The third-order valence-electron chi connectivity index (χ3n) is 3.05. The molecule has 1 unspecified atom stereocenters. The molecule has 2 rings (SSSR count). The molecule has 0 N–H and O–H groups in total. The van der Waals surface area contributed by atoms with Gasteiger partial charge in [-0.3, -0.25) is 4.79 Å². The molecule has 0 aliphatic carbocycles. The summed E-state index contributed by atoms with van der Waals surface area (Å²) in [6, 6.07) is 7.81. The van der Waals surface area contributed by atoms with Gasteiger partial charge in [-0.2, -0.15) is 0 Å². The molecule has 1 aromatic carbocycles. The van der Waals surface area contributed by atoms with Gasteiger partial charge < -0.3 is 4.90 Å². The largest absolute Gasteiger partial charge is 0.337 e. The van der Waals surface area contributed by atoms with Crippen LogP contribution < -0.4 is 0 Å². The Hall–Kier alpha value is -1.02. The number of hydrogen-bond donors (Lipinski definition) is 0. The summed E-state index contributed by atoms with van der Waals surface area (Å²) in [5.41, 5.74) is 1.95. The summed E-state index contributed by atoms with van der Waals surface area (Å²) in [5, 5.41) is 0.123. The normalized spacial score (nSPS) is 20.1. The third kappa shape index (κ3) is 2.22. The fourth-order valence-corrected chi connectivity index (χ4v) is 2.37. The number of benzene rings is 1. The number of carbonyl (C=O) groups excluding carboxylic acids is 1. The lowest BCUT2D eigenvalue weighted by Gasteiger charge is -2.17. The summed E-state index contributed by atoms with van der Waals surface area (Å²) in [7, 11) is 0. The number of likely N-dealkylation sites (tertiary alicyclic amines) is 1. The van der Waals surface area contributed by atoms with Crippen LogP contribution in [-0.4, -0.2) is 29.3 Å². The van der Waals surface area contributed by atoms with Gasteiger partial charge in [-0.05, 0) is 24.5 Å². The second kappa shape index (κ2) is 4.88. The van der Waals surface area contributed by atoms with Crippen molar-refractivity contribution in [2.45, 2.75) is 25.1 Å². The number of nitrogens with zero attached hydrogens (tertiary/aromatic N) is 1. The lowest BCUT2D eigenvalue weighted by atomic mass is 10.0. The fraction of sp³-hybridized carbons (Fsp3) is 0.462. The van der Waals surface area contributed by atoms with Crippen LogP contribution in [0.3, 0.4) is 0 Å². The van der Waals surface area contributed by atoms with Gasteiger partial charge in [0.15, 0.2) is 0 Å². The molecule has 0 saturated carbocycles. The molecule has 0 spiro atoms.